The summed E-state index contributed by atoms with van der Waals surface area (Å²) in [4.78, 5) is 26.1. The molecule has 0 atom stereocenters. The van der Waals surface area contributed by atoms with E-state index >= 15 is 0 Å². The molecule has 0 radical (unpaired) electrons. The third kappa shape index (κ3) is 6.68. The van der Waals surface area contributed by atoms with E-state index in [1.54, 1.807) is 0 Å². The fourth-order valence-corrected chi connectivity index (χ4v) is 1.91. The van der Waals surface area contributed by atoms with Crippen LogP contribution in [0.4, 0.5) is 10.5 Å². The minimum Gasteiger partial charge on any atom is -0.476 e. The number of aromatic carboxylic acids is 1. The van der Waals surface area contributed by atoms with Gasteiger partial charge in [0.05, 0.1) is 11.9 Å². The summed E-state index contributed by atoms with van der Waals surface area (Å²) in [6.07, 6.45) is 2.76. The number of aromatic nitrogens is 1. The lowest BCUT2D eigenvalue weighted by Gasteiger charge is -2.09. The third-order valence-electron chi connectivity index (χ3n) is 2.26. The molecule has 0 bridgehead atoms. The zero-order chi connectivity index (χ0) is 15.9. The Morgan fingerprint density at radius 1 is 1.33 bits per heavy atom. The first-order valence-electron chi connectivity index (χ1n) is 5.97. The maximum atomic E-state index is 11.6. The first kappa shape index (κ1) is 16.9. The molecule has 21 heavy (non-hydrogen) atoms. The van der Waals surface area contributed by atoms with Crippen molar-refractivity contribution in [3.8, 4) is 0 Å². The number of carbonyl (C=O) groups excluding carboxylic acids is 1. The van der Waals surface area contributed by atoms with Gasteiger partial charge in [-0.25, -0.2) is 27.7 Å². The number of hydrogen-bond acceptors (Lipinski definition) is 5. The van der Waals surface area contributed by atoms with Crippen LogP contribution in [-0.2, 0) is 10.0 Å². The van der Waals surface area contributed by atoms with Crippen molar-refractivity contribution in [3.05, 3.63) is 24.0 Å². The summed E-state index contributed by atoms with van der Waals surface area (Å²) in [7, 11) is -3.24. The zero-order valence-corrected chi connectivity index (χ0v) is 12.1. The number of urea groups is 1. The largest absolute Gasteiger partial charge is 0.476 e. The topological polar surface area (TPSA) is 137 Å². The van der Waals surface area contributed by atoms with Crippen molar-refractivity contribution in [2.45, 2.75) is 6.42 Å². The van der Waals surface area contributed by atoms with E-state index in [0.29, 0.717) is 6.42 Å². The smallest absolute Gasteiger partial charge is 0.356 e. The summed E-state index contributed by atoms with van der Waals surface area (Å²) in [6, 6.07) is 2.32. The van der Waals surface area contributed by atoms with Gasteiger partial charge >= 0.3 is 12.0 Å². The number of hydrogen-bond donors (Lipinski definition) is 4. The predicted octanol–water partition coefficient (Wildman–Crippen LogP) is -0.159. The highest BCUT2D eigenvalue weighted by Gasteiger charge is 2.12. The number of carboxylic acids is 1. The van der Waals surface area contributed by atoms with Crippen LogP contribution in [-0.4, -0.2) is 49.9 Å². The highest BCUT2D eigenvalue weighted by Crippen LogP contribution is 2.11. The first-order valence-corrected chi connectivity index (χ1v) is 7.86. The second kappa shape index (κ2) is 7.55. The van der Waals surface area contributed by atoms with Crippen molar-refractivity contribution < 1.29 is 23.1 Å². The molecule has 0 saturated carbocycles. The molecular formula is C11H16N4O5S. The van der Waals surface area contributed by atoms with Crippen LogP contribution in [0.15, 0.2) is 18.3 Å². The lowest BCUT2D eigenvalue weighted by molar-refractivity contribution is 0.0691. The number of carboxylic acid groups (broad SMARTS) is 1. The minimum absolute atomic E-state index is 0.0803. The van der Waals surface area contributed by atoms with Gasteiger partial charge < -0.3 is 15.7 Å². The van der Waals surface area contributed by atoms with Crippen LogP contribution in [0.3, 0.4) is 0 Å². The van der Waals surface area contributed by atoms with E-state index in [1.807, 2.05) is 0 Å². The summed E-state index contributed by atoms with van der Waals surface area (Å²) < 4.78 is 23.9. The highest BCUT2D eigenvalue weighted by atomic mass is 32.2. The highest BCUT2D eigenvalue weighted by molar-refractivity contribution is 7.88. The molecule has 1 aromatic heterocycles. The van der Waals surface area contributed by atoms with Crippen LogP contribution in [0.1, 0.15) is 16.9 Å². The Balaban J connectivity index is 2.39. The van der Waals surface area contributed by atoms with E-state index in [-0.39, 0.29) is 24.5 Å². The molecule has 10 heteroatoms. The maximum absolute atomic E-state index is 11.6. The molecule has 0 aromatic carbocycles. The average molecular weight is 316 g/mol. The second-order valence-electron chi connectivity index (χ2n) is 4.11. The lowest BCUT2D eigenvalue weighted by Crippen LogP contribution is -2.32. The molecule has 2 amide bonds. The Morgan fingerprint density at radius 2 is 2.05 bits per heavy atom. The molecule has 1 rings (SSSR count). The standard InChI is InChI=1S/C11H16N4O5S/c1-21(19,20)14-7-3-6-13-11(18)15-8-4-2-5-12-9(8)10(16)17/h2,4-5,14H,3,6-7H2,1H3,(H,16,17)(H2,13,15,18). The molecule has 116 valence electrons. The molecule has 4 N–H and O–H groups in total. The van der Waals surface area contributed by atoms with Gasteiger partial charge in [0, 0.05) is 19.3 Å². The maximum Gasteiger partial charge on any atom is 0.356 e. The summed E-state index contributed by atoms with van der Waals surface area (Å²) in [5.41, 5.74) is -0.178. The van der Waals surface area contributed by atoms with Gasteiger partial charge in [0.25, 0.3) is 0 Å². The molecular weight excluding hydrogens is 300 g/mol. The SMILES string of the molecule is CS(=O)(=O)NCCCNC(=O)Nc1cccnc1C(=O)O. The summed E-state index contributed by atoms with van der Waals surface area (Å²) in [5, 5.41) is 13.7. The van der Waals surface area contributed by atoms with E-state index in [4.69, 9.17) is 5.11 Å². The molecule has 0 unspecified atom stereocenters. The molecule has 1 aromatic rings. The molecule has 0 spiro atoms. The molecule has 0 aliphatic heterocycles. The summed E-state index contributed by atoms with van der Waals surface area (Å²) >= 11 is 0. The number of amides is 2. The van der Waals surface area contributed by atoms with E-state index in [0.717, 1.165) is 6.26 Å². The number of anilines is 1. The number of rotatable bonds is 7. The molecule has 9 nitrogen and oxygen atoms in total. The van der Waals surface area contributed by atoms with Crippen LogP contribution >= 0.6 is 0 Å². The number of pyridine rings is 1. The van der Waals surface area contributed by atoms with E-state index in [2.05, 4.69) is 20.3 Å². The van der Waals surface area contributed by atoms with Crippen molar-refractivity contribution >= 4 is 27.7 Å². The third-order valence-corrected chi connectivity index (χ3v) is 2.99. The number of sulfonamides is 1. The predicted molar refractivity (Wildman–Crippen MR) is 75.7 cm³/mol. The van der Waals surface area contributed by atoms with Crippen LogP contribution in [0, 0.1) is 0 Å². The van der Waals surface area contributed by atoms with Gasteiger partial charge in [-0.1, -0.05) is 0 Å². The monoisotopic (exact) mass is 316 g/mol. The summed E-state index contributed by atoms with van der Waals surface area (Å²) in [5.74, 6) is -1.25. The van der Waals surface area contributed by atoms with Crippen LogP contribution in [0.5, 0.6) is 0 Å². The quantitative estimate of drug-likeness (QED) is 0.516. The van der Waals surface area contributed by atoms with Gasteiger partial charge in [-0.15, -0.1) is 0 Å². The normalized spacial score (nSPS) is 10.9. The number of nitrogens with one attached hydrogen (secondary N) is 3. The lowest BCUT2D eigenvalue weighted by atomic mass is 10.3. The van der Waals surface area contributed by atoms with Gasteiger partial charge in [0.15, 0.2) is 5.69 Å². The fraction of sp³-hybridized carbons (Fsp3) is 0.364. The Hall–Kier alpha value is -2.20. The van der Waals surface area contributed by atoms with Gasteiger partial charge in [-0.3, -0.25) is 0 Å². The Labute approximate surface area is 121 Å². The first-order chi connectivity index (χ1) is 9.79. The van der Waals surface area contributed by atoms with Crippen LogP contribution in [0.2, 0.25) is 0 Å². The van der Waals surface area contributed by atoms with Crippen LogP contribution < -0.4 is 15.4 Å². The van der Waals surface area contributed by atoms with Crippen molar-refractivity contribution in [1.29, 1.82) is 0 Å². The van der Waals surface area contributed by atoms with Gasteiger partial charge in [-0.05, 0) is 18.6 Å². The van der Waals surface area contributed by atoms with Gasteiger partial charge in [0.2, 0.25) is 10.0 Å². The average Bonchev–Trinajstić information content (AvgIpc) is 2.37. The van der Waals surface area contributed by atoms with Gasteiger partial charge in [0.1, 0.15) is 0 Å². The van der Waals surface area contributed by atoms with Crippen molar-refractivity contribution in [2.75, 3.05) is 24.7 Å². The van der Waals surface area contributed by atoms with Crippen molar-refractivity contribution in [3.63, 3.8) is 0 Å². The molecule has 0 aliphatic rings. The zero-order valence-electron chi connectivity index (χ0n) is 11.3. The Morgan fingerprint density at radius 3 is 2.67 bits per heavy atom. The van der Waals surface area contributed by atoms with Crippen molar-refractivity contribution in [2.24, 2.45) is 0 Å². The van der Waals surface area contributed by atoms with E-state index < -0.39 is 22.0 Å². The Bertz CT molecular complexity index is 617. The van der Waals surface area contributed by atoms with Gasteiger partial charge in [-0.2, -0.15) is 0 Å². The van der Waals surface area contributed by atoms with Crippen molar-refractivity contribution in [1.82, 2.24) is 15.0 Å². The minimum atomic E-state index is -3.24. The van der Waals surface area contributed by atoms with Crippen LogP contribution in [0.25, 0.3) is 0 Å². The molecule has 1 heterocycles. The molecule has 0 aliphatic carbocycles. The number of carbonyl (C=O) groups is 2. The number of nitrogens with zero attached hydrogens (tertiary/aromatic N) is 1. The fourth-order valence-electron chi connectivity index (χ4n) is 1.39. The second-order valence-corrected chi connectivity index (χ2v) is 5.94. The summed E-state index contributed by atoms with van der Waals surface area (Å²) in [6.45, 7) is 0.434. The Kier molecular flexibility index (Phi) is 6.06. The van der Waals surface area contributed by atoms with E-state index in [1.165, 1.54) is 18.3 Å². The molecule has 0 fully saturated rings. The molecule has 0 saturated heterocycles. The van der Waals surface area contributed by atoms with E-state index in [9.17, 15) is 18.0 Å².